The first-order valence-electron chi connectivity index (χ1n) is 11.6. The number of rotatable bonds is 2. The van der Waals surface area contributed by atoms with Crippen molar-refractivity contribution in [2.75, 3.05) is 39.4 Å². The maximum Gasteiger partial charge on any atom is 0.253 e. The Balaban J connectivity index is 1.23. The summed E-state index contributed by atoms with van der Waals surface area (Å²) in [6.45, 7) is 5.38. The Bertz CT molecular complexity index is 1100. The predicted octanol–water partition coefficient (Wildman–Crippen LogP) is 2.98. The van der Waals surface area contributed by atoms with E-state index in [0.717, 1.165) is 94.0 Å². The summed E-state index contributed by atoms with van der Waals surface area (Å²) in [5, 5.41) is 8.58. The Hall–Kier alpha value is -2.64. The lowest BCUT2D eigenvalue weighted by Gasteiger charge is -2.40. The molecule has 0 radical (unpaired) electrons. The number of carbonyl (C=O) groups is 1. The van der Waals surface area contributed by atoms with E-state index in [-0.39, 0.29) is 5.91 Å². The molecule has 3 aromatic rings. The van der Waals surface area contributed by atoms with Crippen LogP contribution in [-0.4, -0.2) is 76.3 Å². The number of hydrogen-bond acceptors (Lipinski definition) is 4. The third-order valence-electron chi connectivity index (χ3n) is 7.31. The molecule has 0 saturated carbocycles. The van der Waals surface area contributed by atoms with Gasteiger partial charge in [0.2, 0.25) is 0 Å². The van der Waals surface area contributed by atoms with Crippen molar-refractivity contribution in [3.63, 3.8) is 0 Å². The van der Waals surface area contributed by atoms with Crippen LogP contribution in [0, 0.1) is 0 Å². The van der Waals surface area contributed by atoms with E-state index in [9.17, 15) is 4.79 Å². The van der Waals surface area contributed by atoms with E-state index in [4.69, 9.17) is 4.74 Å². The van der Waals surface area contributed by atoms with E-state index in [1.807, 2.05) is 17.2 Å². The lowest BCUT2D eigenvalue weighted by atomic mass is 10.0. The minimum Gasteiger partial charge on any atom is -0.379 e. The number of likely N-dealkylation sites (tertiary alicyclic amines) is 1. The van der Waals surface area contributed by atoms with Crippen molar-refractivity contribution < 1.29 is 9.53 Å². The Kier molecular flexibility index (Phi) is 4.80. The van der Waals surface area contributed by atoms with Gasteiger partial charge in [-0.25, -0.2) is 0 Å². The number of ether oxygens (including phenoxy) is 1. The maximum atomic E-state index is 13.3. The monoisotopic (exact) mass is 419 g/mol. The molecule has 0 bridgehead atoms. The largest absolute Gasteiger partial charge is 0.379 e. The van der Waals surface area contributed by atoms with Crippen LogP contribution in [0.3, 0.4) is 0 Å². The summed E-state index contributed by atoms with van der Waals surface area (Å²) < 4.78 is 5.48. The van der Waals surface area contributed by atoms with Crippen LogP contribution in [0.4, 0.5) is 0 Å². The number of morpholine rings is 1. The van der Waals surface area contributed by atoms with E-state index in [0.29, 0.717) is 6.04 Å². The maximum absolute atomic E-state index is 13.3. The number of hydrogen-bond donors (Lipinski definition) is 2. The smallest absolute Gasteiger partial charge is 0.253 e. The SMILES string of the molecule is O=C(c1ccc2[nH]c3c(c2c1)CCCc1cn[nH]c1-3)N1CCC(N2CCOCC2)CC1. The summed E-state index contributed by atoms with van der Waals surface area (Å²) in [5.74, 6) is 0.160. The number of aromatic amines is 2. The highest BCUT2D eigenvalue weighted by Crippen LogP contribution is 2.36. The number of H-pyrrole nitrogens is 2. The second-order valence-electron chi connectivity index (χ2n) is 9.03. The molecule has 7 heteroatoms. The van der Waals surface area contributed by atoms with Gasteiger partial charge in [-0.2, -0.15) is 5.10 Å². The van der Waals surface area contributed by atoms with Gasteiger partial charge in [0.15, 0.2) is 0 Å². The van der Waals surface area contributed by atoms with Gasteiger partial charge in [-0.15, -0.1) is 0 Å². The van der Waals surface area contributed by atoms with Crippen LogP contribution in [0.25, 0.3) is 22.3 Å². The molecular formula is C24H29N5O2. The molecule has 31 heavy (non-hydrogen) atoms. The molecule has 2 fully saturated rings. The second-order valence-corrected chi connectivity index (χ2v) is 9.03. The molecule has 3 aliphatic rings. The Morgan fingerprint density at radius 1 is 1.06 bits per heavy atom. The summed E-state index contributed by atoms with van der Waals surface area (Å²) >= 11 is 0. The van der Waals surface area contributed by atoms with E-state index in [1.165, 1.54) is 16.5 Å². The highest BCUT2D eigenvalue weighted by Gasteiger charge is 2.29. The number of fused-ring (bicyclic) bond motifs is 5. The molecular weight excluding hydrogens is 390 g/mol. The van der Waals surface area contributed by atoms with Crippen molar-refractivity contribution in [3.05, 3.63) is 41.1 Å². The molecule has 2 aromatic heterocycles. The first-order valence-corrected chi connectivity index (χ1v) is 11.6. The van der Waals surface area contributed by atoms with Gasteiger partial charge in [-0.1, -0.05) is 0 Å². The van der Waals surface area contributed by atoms with E-state index in [1.54, 1.807) is 0 Å². The molecule has 4 heterocycles. The highest BCUT2D eigenvalue weighted by atomic mass is 16.5. The molecule has 0 atom stereocenters. The van der Waals surface area contributed by atoms with Gasteiger partial charge in [0, 0.05) is 48.7 Å². The number of nitrogens with one attached hydrogen (secondary N) is 2. The Morgan fingerprint density at radius 3 is 2.74 bits per heavy atom. The minimum absolute atomic E-state index is 0.160. The van der Waals surface area contributed by atoms with Crippen molar-refractivity contribution in [1.82, 2.24) is 25.0 Å². The van der Waals surface area contributed by atoms with Crippen LogP contribution in [-0.2, 0) is 17.6 Å². The quantitative estimate of drug-likeness (QED) is 0.670. The van der Waals surface area contributed by atoms with E-state index < -0.39 is 0 Å². The lowest BCUT2D eigenvalue weighted by molar-refractivity contribution is 0.00159. The molecule has 0 spiro atoms. The Labute approximate surface area is 181 Å². The summed E-state index contributed by atoms with van der Waals surface area (Å²) in [6.07, 6.45) is 7.18. The molecule has 1 amide bonds. The molecule has 1 aliphatic carbocycles. The van der Waals surface area contributed by atoms with Gasteiger partial charge in [0.05, 0.1) is 30.8 Å². The number of piperidine rings is 1. The number of nitrogens with zero attached hydrogens (tertiary/aromatic N) is 3. The number of benzene rings is 1. The van der Waals surface area contributed by atoms with Gasteiger partial charge in [0.25, 0.3) is 5.91 Å². The molecule has 0 unspecified atom stereocenters. The lowest BCUT2D eigenvalue weighted by Crippen LogP contribution is -2.50. The molecule has 2 aliphatic heterocycles. The van der Waals surface area contributed by atoms with Gasteiger partial charge in [-0.3, -0.25) is 14.8 Å². The number of amides is 1. The van der Waals surface area contributed by atoms with Crippen molar-refractivity contribution in [3.8, 4) is 11.4 Å². The van der Waals surface area contributed by atoms with Crippen LogP contribution >= 0.6 is 0 Å². The molecule has 2 N–H and O–H groups in total. The summed E-state index contributed by atoms with van der Waals surface area (Å²) in [5.41, 5.74) is 6.70. The average Bonchev–Trinajstić information content (AvgIpc) is 3.39. The van der Waals surface area contributed by atoms with Gasteiger partial charge >= 0.3 is 0 Å². The topological polar surface area (TPSA) is 77.2 Å². The average molecular weight is 420 g/mol. The number of carbonyl (C=O) groups excluding carboxylic acids is 1. The molecule has 162 valence electrons. The normalized spacial score (nSPS) is 20.5. The minimum atomic E-state index is 0.160. The van der Waals surface area contributed by atoms with Gasteiger partial charge in [-0.05, 0) is 61.4 Å². The fraction of sp³-hybridized carbons (Fsp3) is 0.500. The van der Waals surface area contributed by atoms with Crippen molar-refractivity contribution in [2.24, 2.45) is 0 Å². The fourth-order valence-corrected chi connectivity index (χ4v) is 5.59. The standard InChI is InChI=1S/C24H29N5O2/c30-24(29-8-6-18(7-9-29)28-10-12-31-13-11-28)16-4-5-21-20(14-16)19-3-1-2-17-15-25-27-22(17)23(19)26-21/h4-5,14-15,18,26H,1-3,6-13H2,(H,25,27). The van der Waals surface area contributed by atoms with Crippen molar-refractivity contribution >= 4 is 16.8 Å². The molecule has 7 nitrogen and oxygen atoms in total. The number of aryl methyl sites for hydroxylation is 2. The molecule has 1 aromatic carbocycles. The summed E-state index contributed by atoms with van der Waals surface area (Å²) in [4.78, 5) is 21.5. The van der Waals surface area contributed by atoms with Crippen molar-refractivity contribution in [2.45, 2.75) is 38.1 Å². The van der Waals surface area contributed by atoms with Crippen LogP contribution in [0.1, 0.15) is 40.7 Å². The first kappa shape index (κ1) is 19.1. The zero-order valence-electron chi connectivity index (χ0n) is 17.8. The zero-order chi connectivity index (χ0) is 20.8. The van der Waals surface area contributed by atoms with E-state index >= 15 is 0 Å². The second kappa shape index (κ2) is 7.80. The molecule has 2 saturated heterocycles. The summed E-state index contributed by atoms with van der Waals surface area (Å²) in [7, 11) is 0. The summed E-state index contributed by atoms with van der Waals surface area (Å²) in [6, 6.07) is 6.72. The van der Waals surface area contributed by atoms with Crippen LogP contribution in [0.15, 0.2) is 24.4 Å². The van der Waals surface area contributed by atoms with Crippen LogP contribution < -0.4 is 0 Å². The molecule has 6 rings (SSSR count). The third kappa shape index (κ3) is 3.36. The van der Waals surface area contributed by atoms with Crippen LogP contribution in [0.5, 0.6) is 0 Å². The number of aromatic nitrogens is 3. The third-order valence-corrected chi connectivity index (χ3v) is 7.31. The Morgan fingerprint density at radius 2 is 1.90 bits per heavy atom. The highest BCUT2D eigenvalue weighted by molar-refractivity contribution is 6.00. The van der Waals surface area contributed by atoms with Gasteiger partial charge in [0.1, 0.15) is 0 Å². The zero-order valence-corrected chi connectivity index (χ0v) is 17.8. The first-order chi connectivity index (χ1) is 15.3. The van der Waals surface area contributed by atoms with E-state index in [2.05, 4.69) is 32.2 Å². The van der Waals surface area contributed by atoms with Crippen LogP contribution in [0.2, 0.25) is 0 Å². The van der Waals surface area contributed by atoms with Crippen molar-refractivity contribution in [1.29, 1.82) is 0 Å². The van der Waals surface area contributed by atoms with Gasteiger partial charge < -0.3 is 14.6 Å². The predicted molar refractivity (Wildman–Crippen MR) is 119 cm³/mol. The fourth-order valence-electron chi connectivity index (χ4n) is 5.59.